The highest BCUT2D eigenvalue weighted by Crippen LogP contribution is 2.51. The van der Waals surface area contributed by atoms with Gasteiger partial charge in [0.25, 0.3) is 0 Å². The quantitative estimate of drug-likeness (QED) is 0.682. The van der Waals surface area contributed by atoms with E-state index in [1.807, 2.05) is 0 Å². The summed E-state index contributed by atoms with van der Waals surface area (Å²) < 4.78 is 0. The summed E-state index contributed by atoms with van der Waals surface area (Å²) in [5, 5.41) is 3.71. The topological polar surface area (TPSA) is 38.0 Å². The molecule has 14 heavy (non-hydrogen) atoms. The maximum Gasteiger partial charge on any atom is 0.0187 e. The van der Waals surface area contributed by atoms with Crippen molar-refractivity contribution in [2.24, 2.45) is 11.7 Å². The van der Waals surface area contributed by atoms with Crippen molar-refractivity contribution in [3.63, 3.8) is 0 Å². The minimum Gasteiger partial charge on any atom is -0.327 e. The molecule has 1 unspecified atom stereocenters. The molecule has 3 N–H and O–H groups in total. The van der Waals surface area contributed by atoms with Gasteiger partial charge in [-0.15, -0.1) is 0 Å². The van der Waals surface area contributed by atoms with Gasteiger partial charge in [-0.3, -0.25) is 0 Å². The predicted octanol–water partition coefficient (Wildman–Crippen LogP) is 2.04. The summed E-state index contributed by atoms with van der Waals surface area (Å²) in [7, 11) is 0. The van der Waals surface area contributed by atoms with Gasteiger partial charge in [-0.2, -0.15) is 0 Å². The third kappa shape index (κ3) is 2.12. The normalized spacial score (nSPS) is 36.9. The fraction of sp³-hybridized carbons (Fsp3) is 1.00. The SMILES string of the molecule is CCCCC(N)CNC12CCC(C1)C2. The molecular formula is C12H24N2. The van der Waals surface area contributed by atoms with E-state index < -0.39 is 0 Å². The molecule has 2 bridgehead atoms. The van der Waals surface area contributed by atoms with Crippen LogP contribution in [-0.4, -0.2) is 18.1 Å². The monoisotopic (exact) mass is 196 g/mol. The van der Waals surface area contributed by atoms with Crippen LogP contribution in [-0.2, 0) is 0 Å². The molecule has 0 aliphatic heterocycles. The molecule has 2 nitrogen and oxygen atoms in total. The molecule has 0 aromatic heterocycles. The van der Waals surface area contributed by atoms with Crippen molar-refractivity contribution in [3.05, 3.63) is 0 Å². The van der Waals surface area contributed by atoms with Gasteiger partial charge in [0.2, 0.25) is 0 Å². The average Bonchev–Trinajstić information content (AvgIpc) is 2.70. The zero-order chi connectivity index (χ0) is 10.0. The maximum absolute atomic E-state index is 6.05. The molecule has 3 rings (SSSR count). The van der Waals surface area contributed by atoms with Crippen LogP contribution >= 0.6 is 0 Å². The Hall–Kier alpha value is -0.0800. The maximum atomic E-state index is 6.05. The molecule has 82 valence electrons. The Kier molecular flexibility index (Phi) is 3.13. The van der Waals surface area contributed by atoms with Gasteiger partial charge in [-0.1, -0.05) is 19.8 Å². The lowest BCUT2D eigenvalue weighted by Crippen LogP contribution is -2.52. The highest BCUT2D eigenvalue weighted by molar-refractivity contribution is 5.07. The van der Waals surface area contributed by atoms with E-state index in [9.17, 15) is 0 Å². The Morgan fingerprint density at radius 1 is 1.50 bits per heavy atom. The number of fused-ring (bicyclic) bond motifs is 1. The smallest absolute Gasteiger partial charge is 0.0187 e. The Balaban J connectivity index is 1.62. The van der Waals surface area contributed by atoms with Crippen LogP contribution in [0.2, 0.25) is 0 Å². The van der Waals surface area contributed by atoms with Gasteiger partial charge in [-0.25, -0.2) is 0 Å². The highest BCUT2D eigenvalue weighted by atomic mass is 15.0. The van der Waals surface area contributed by atoms with Gasteiger partial charge < -0.3 is 11.1 Å². The summed E-state index contributed by atoms with van der Waals surface area (Å²) in [6.45, 7) is 3.26. The third-order valence-corrected chi connectivity index (χ3v) is 4.06. The fourth-order valence-corrected chi connectivity index (χ4v) is 3.08. The summed E-state index contributed by atoms with van der Waals surface area (Å²) in [6, 6.07) is 0.379. The van der Waals surface area contributed by atoms with Crippen molar-refractivity contribution >= 4 is 0 Å². The number of rotatable bonds is 6. The summed E-state index contributed by atoms with van der Waals surface area (Å²) in [6.07, 6.45) is 9.43. The molecule has 3 aliphatic carbocycles. The van der Waals surface area contributed by atoms with Crippen LogP contribution in [0.3, 0.4) is 0 Å². The second-order valence-corrected chi connectivity index (χ2v) is 5.38. The van der Waals surface area contributed by atoms with E-state index in [0.29, 0.717) is 11.6 Å². The second kappa shape index (κ2) is 4.19. The highest BCUT2D eigenvalue weighted by Gasteiger charge is 2.49. The van der Waals surface area contributed by atoms with Gasteiger partial charge in [0.05, 0.1) is 0 Å². The first-order chi connectivity index (χ1) is 6.74. The van der Waals surface area contributed by atoms with Crippen molar-refractivity contribution in [2.75, 3.05) is 6.54 Å². The van der Waals surface area contributed by atoms with Crippen LogP contribution in [0.25, 0.3) is 0 Å². The first kappa shape index (κ1) is 10.4. The second-order valence-electron chi connectivity index (χ2n) is 5.38. The Labute approximate surface area is 87.6 Å². The lowest BCUT2D eigenvalue weighted by atomic mass is 9.77. The van der Waals surface area contributed by atoms with Crippen LogP contribution in [0.4, 0.5) is 0 Å². The molecule has 0 radical (unpaired) electrons. The van der Waals surface area contributed by atoms with E-state index in [2.05, 4.69) is 12.2 Å². The molecule has 0 amide bonds. The molecule has 2 heteroatoms. The number of unbranched alkanes of at least 4 members (excludes halogenated alkanes) is 1. The minimum atomic E-state index is 0.379. The van der Waals surface area contributed by atoms with E-state index in [0.717, 1.165) is 12.5 Å². The van der Waals surface area contributed by atoms with E-state index in [1.54, 1.807) is 0 Å². The molecule has 3 saturated carbocycles. The van der Waals surface area contributed by atoms with Crippen molar-refractivity contribution in [2.45, 2.75) is 63.5 Å². The fourth-order valence-electron chi connectivity index (χ4n) is 3.08. The molecule has 0 saturated heterocycles. The summed E-state index contributed by atoms with van der Waals surface area (Å²) >= 11 is 0. The molecule has 0 aromatic carbocycles. The standard InChI is InChI=1S/C12H24N2/c1-2-3-4-11(13)9-14-12-6-5-10(7-12)8-12/h10-11,14H,2-9,13H2,1H3. The first-order valence-electron chi connectivity index (χ1n) is 6.25. The summed E-state index contributed by atoms with van der Waals surface area (Å²) in [5.74, 6) is 1.05. The molecule has 0 aromatic rings. The molecule has 1 atom stereocenters. The van der Waals surface area contributed by atoms with Gasteiger partial charge in [0, 0.05) is 18.1 Å². The Morgan fingerprint density at radius 3 is 2.86 bits per heavy atom. The molecule has 3 aliphatic rings. The summed E-state index contributed by atoms with van der Waals surface area (Å²) in [5.41, 5.74) is 6.59. The van der Waals surface area contributed by atoms with E-state index in [1.165, 1.54) is 44.9 Å². The van der Waals surface area contributed by atoms with Gasteiger partial charge in [-0.05, 0) is 38.0 Å². The number of nitrogens with two attached hydrogens (primary N) is 1. The lowest BCUT2D eigenvalue weighted by molar-refractivity contribution is 0.186. The van der Waals surface area contributed by atoms with Crippen LogP contribution in [0, 0.1) is 5.92 Å². The number of nitrogens with one attached hydrogen (secondary N) is 1. The summed E-state index contributed by atoms with van der Waals surface area (Å²) in [4.78, 5) is 0. The van der Waals surface area contributed by atoms with Crippen molar-refractivity contribution in [1.29, 1.82) is 0 Å². The van der Waals surface area contributed by atoms with Crippen molar-refractivity contribution in [3.8, 4) is 0 Å². The van der Waals surface area contributed by atoms with E-state index >= 15 is 0 Å². The average molecular weight is 196 g/mol. The van der Waals surface area contributed by atoms with E-state index in [-0.39, 0.29) is 0 Å². The molecular weight excluding hydrogens is 172 g/mol. The van der Waals surface area contributed by atoms with Crippen molar-refractivity contribution in [1.82, 2.24) is 5.32 Å². The molecule has 3 fully saturated rings. The number of hydrogen-bond donors (Lipinski definition) is 2. The predicted molar refractivity (Wildman–Crippen MR) is 60.2 cm³/mol. The van der Waals surface area contributed by atoms with Gasteiger partial charge in [0.15, 0.2) is 0 Å². The first-order valence-corrected chi connectivity index (χ1v) is 6.25. The van der Waals surface area contributed by atoms with E-state index in [4.69, 9.17) is 5.73 Å². The zero-order valence-corrected chi connectivity index (χ0v) is 9.39. The molecule has 0 spiro atoms. The minimum absolute atomic E-state index is 0.379. The lowest BCUT2D eigenvalue weighted by Gasteiger charge is -2.40. The largest absolute Gasteiger partial charge is 0.327 e. The number of hydrogen-bond acceptors (Lipinski definition) is 2. The van der Waals surface area contributed by atoms with Gasteiger partial charge in [0.1, 0.15) is 0 Å². The van der Waals surface area contributed by atoms with Crippen LogP contribution in [0.5, 0.6) is 0 Å². The third-order valence-electron chi connectivity index (χ3n) is 4.06. The Morgan fingerprint density at radius 2 is 2.29 bits per heavy atom. The van der Waals surface area contributed by atoms with Crippen LogP contribution < -0.4 is 11.1 Å². The van der Waals surface area contributed by atoms with Crippen LogP contribution in [0.1, 0.15) is 51.9 Å². The molecule has 0 heterocycles. The van der Waals surface area contributed by atoms with Crippen molar-refractivity contribution < 1.29 is 0 Å². The zero-order valence-electron chi connectivity index (χ0n) is 9.39. The van der Waals surface area contributed by atoms with Gasteiger partial charge >= 0.3 is 0 Å². The van der Waals surface area contributed by atoms with Crippen LogP contribution in [0.15, 0.2) is 0 Å². The Bertz CT molecular complexity index is 179.